The fourth-order valence-corrected chi connectivity index (χ4v) is 9.63. The number of aromatic nitrogens is 4. The zero-order chi connectivity index (χ0) is 34.8. The van der Waals surface area contributed by atoms with Crippen molar-refractivity contribution in [3.8, 4) is 43.4 Å². The van der Waals surface area contributed by atoms with Crippen LogP contribution in [0.2, 0.25) is 0 Å². The van der Waals surface area contributed by atoms with E-state index in [1.54, 1.807) is 22.7 Å². The highest BCUT2D eigenvalue weighted by molar-refractivity contribution is 7.14. The molecule has 4 heterocycles. The van der Waals surface area contributed by atoms with Gasteiger partial charge in [-0.2, -0.15) is 8.75 Å². The van der Waals surface area contributed by atoms with Crippen molar-refractivity contribution in [2.24, 2.45) is 0 Å². The summed E-state index contributed by atoms with van der Waals surface area (Å²) in [5.41, 5.74) is 12.5. The third-order valence-corrected chi connectivity index (χ3v) is 12.4. The van der Waals surface area contributed by atoms with E-state index in [1.807, 2.05) is 0 Å². The van der Waals surface area contributed by atoms with Gasteiger partial charge in [0.15, 0.2) is 0 Å². The normalized spacial score (nSPS) is 11.6. The number of unbranched alkanes of at least 4 members (excludes halogenated alkanes) is 10. The van der Waals surface area contributed by atoms with Crippen LogP contribution >= 0.6 is 34.4 Å². The summed E-state index contributed by atoms with van der Waals surface area (Å²) in [6, 6.07) is 25.8. The Morgan fingerprint density at radius 1 is 0.471 bits per heavy atom. The van der Waals surface area contributed by atoms with Crippen LogP contribution in [0.15, 0.2) is 83.6 Å². The van der Waals surface area contributed by atoms with E-state index in [1.165, 1.54) is 110 Å². The molecule has 0 bridgehead atoms. The van der Waals surface area contributed by atoms with E-state index in [9.17, 15) is 0 Å². The zero-order valence-corrected chi connectivity index (χ0v) is 32.4. The number of hydrogen-bond donors (Lipinski definition) is 0. The molecule has 0 radical (unpaired) electrons. The molecule has 0 N–H and O–H groups in total. The first kappa shape index (κ1) is 35.6. The van der Waals surface area contributed by atoms with Crippen molar-refractivity contribution in [1.82, 2.24) is 18.7 Å². The van der Waals surface area contributed by atoms with Crippen molar-refractivity contribution in [3.05, 3.63) is 94.7 Å². The molecule has 0 aliphatic rings. The Balaban J connectivity index is 1.36. The monoisotopic (exact) mass is 728 g/mol. The molecule has 262 valence electrons. The van der Waals surface area contributed by atoms with E-state index in [0.717, 1.165) is 68.6 Å². The van der Waals surface area contributed by atoms with Crippen LogP contribution in [-0.4, -0.2) is 18.7 Å². The Labute approximate surface area is 315 Å². The van der Waals surface area contributed by atoms with E-state index in [4.69, 9.17) is 18.7 Å². The molecule has 0 atom stereocenters. The molecule has 0 aliphatic carbocycles. The standard InChI is InChI=1S/C44H48N4S3/c1-3-5-7-9-11-15-21-31-27-35(49-29-31)37-41-42(46-40(34-25-19-14-20-26-34)39(45-41)33-23-17-13-18-24-33)38(44-43(37)47-51-48-44)36-28-32(30-50-36)22-16-12-10-8-6-4-2/h13-14,17-20,23-30H,3-12,15-16,21-22H2,1-2H3. The predicted molar refractivity (Wildman–Crippen MR) is 222 cm³/mol. The summed E-state index contributed by atoms with van der Waals surface area (Å²) >= 11 is 4.90. The molecular weight excluding hydrogens is 681 g/mol. The Morgan fingerprint density at radius 3 is 1.31 bits per heavy atom. The minimum Gasteiger partial charge on any atom is -0.243 e. The lowest BCUT2D eigenvalue weighted by Gasteiger charge is -2.15. The highest BCUT2D eigenvalue weighted by atomic mass is 32.1. The fraction of sp³-hybridized carbons (Fsp3) is 0.364. The summed E-state index contributed by atoms with van der Waals surface area (Å²) in [4.78, 5) is 13.6. The summed E-state index contributed by atoms with van der Waals surface area (Å²) in [7, 11) is 0. The SMILES string of the molecule is CCCCCCCCc1csc(-c2c3nsnc3c(-c3cc(CCCCCCCC)cs3)c3nc(-c4ccccc4)c(-c4ccccc4)nc23)c1. The second-order valence-electron chi connectivity index (χ2n) is 13.7. The molecule has 7 rings (SSSR count). The molecule has 4 nitrogen and oxygen atoms in total. The van der Waals surface area contributed by atoms with Crippen molar-refractivity contribution in [2.75, 3.05) is 0 Å². The summed E-state index contributed by atoms with van der Waals surface area (Å²) < 4.78 is 9.99. The Morgan fingerprint density at radius 2 is 0.882 bits per heavy atom. The molecule has 0 amide bonds. The Kier molecular flexibility index (Phi) is 12.3. The van der Waals surface area contributed by atoms with Crippen molar-refractivity contribution in [1.29, 1.82) is 0 Å². The van der Waals surface area contributed by atoms with Gasteiger partial charge < -0.3 is 0 Å². The van der Waals surface area contributed by atoms with Gasteiger partial charge in [0.05, 0.1) is 23.1 Å². The van der Waals surface area contributed by atoms with E-state index in [0.29, 0.717) is 0 Å². The molecule has 0 saturated heterocycles. The largest absolute Gasteiger partial charge is 0.243 e. The molecular formula is C44H48N4S3. The number of hydrogen-bond acceptors (Lipinski definition) is 7. The van der Waals surface area contributed by atoms with Crippen LogP contribution in [-0.2, 0) is 12.8 Å². The van der Waals surface area contributed by atoms with Gasteiger partial charge in [0.2, 0.25) is 0 Å². The third-order valence-electron chi connectivity index (χ3n) is 9.86. The van der Waals surface area contributed by atoms with Gasteiger partial charge in [0, 0.05) is 32.0 Å². The van der Waals surface area contributed by atoms with Crippen LogP contribution < -0.4 is 0 Å². The Bertz CT molecular complexity index is 1990. The van der Waals surface area contributed by atoms with Crippen LogP contribution in [0, 0.1) is 0 Å². The van der Waals surface area contributed by atoms with Crippen LogP contribution in [0.5, 0.6) is 0 Å². The average Bonchev–Trinajstić information content (AvgIpc) is 3.96. The number of rotatable bonds is 18. The van der Waals surface area contributed by atoms with Crippen LogP contribution in [0.4, 0.5) is 0 Å². The summed E-state index contributed by atoms with van der Waals surface area (Å²) in [6.07, 6.45) is 17.8. The number of fused-ring (bicyclic) bond motifs is 2. The maximum Gasteiger partial charge on any atom is 0.116 e. The fourth-order valence-electron chi connectivity index (χ4n) is 7.08. The summed E-state index contributed by atoms with van der Waals surface area (Å²) in [5.74, 6) is 0. The predicted octanol–water partition coefficient (Wildman–Crippen LogP) is 14.2. The topological polar surface area (TPSA) is 51.6 Å². The quantitative estimate of drug-likeness (QED) is 0.0826. The molecule has 7 heteroatoms. The van der Waals surface area contributed by atoms with Gasteiger partial charge in [-0.15, -0.1) is 22.7 Å². The zero-order valence-electron chi connectivity index (χ0n) is 30.0. The molecule has 0 unspecified atom stereocenters. The van der Waals surface area contributed by atoms with Gasteiger partial charge in [-0.1, -0.05) is 139 Å². The average molecular weight is 729 g/mol. The van der Waals surface area contributed by atoms with Gasteiger partial charge in [0.1, 0.15) is 22.1 Å². The summed E-state index contributed by atoms with van der Waals surface area (Å²) in [5, 5.41) is 4.68. The number of benzene rings is 3. The minimum absolute atomic E-state index is 0.892. The van der Waals surface area contributed by atoms with Gasteiger partial charge >= 0.3 is 0 Å². The van der Waals surface area contributed by atoms with Crippen LogP contribution in [0.3, 0.4) is 0 Å². The smallest absolute Gasteiger partial charge is 0.116 e. The molecule has 0 aliphatic heterocycles. The van der Waals surface area contributed by atoms with Crippen LogP contribution in [0.1, 0.15) is 102 Å². The first-order valence-corrected chi connectivity index (χ1v) is 21.5. The lowest BCUT2D eigenvalue weighted by molar-refractivity contribution is 0.608. The highest BCUT2D eigenvalue weighted by Gasteiger charge is 2.26. The number of thiophene rings is 2. The first-order valence-electron chi connectivity index (χ1n) is 19.0. The summed E-state index contributed by atoms with van der Waals surface area (Å²) in [6.45, 7) is 4.56. The molecule has 3 aromatic carbocycles. The molecule has 51 heavy (non-hydrogen) atoms. The van der Waals surface area contributed by atoms with Gasteiger partial charge in [0.25, 0.3) is 0 Å². The van der Waals surface area contributed by atoms with Crippen molar-refractivity contribution >= 4 is 56.5 Å². The van der Waals surface area contributed by atoms with Gasteiger partial charge in [-0.25, -0.2) is 9.97 Å². The van der Waals surface area contributed by atoms with Gasteiger partial charge in [-0.3, -0.25) is 0 Å². The molecule has 0 spiro atoms. The second-order valence-corrected chi connectivity index (χ2v) is 16.1. The lowest BCUT2D eigenvalue weighted by Crippen LogP contribution is -1.99. The van der Waals surface area contributed by atoms with Crippen molar-refractivity contribution in [3.63, 3.8) is 0 Å². The number of aryl methyl sites for hydroxylation is 2. The number of nitrogens with zero attached hydrogens (tertiary/aromatic N) is 4. The van der Waals surface area contributed by atoms with E-state index in [-0.39, 0.29) is 0 Å². The molecule has 7 aromatic rings. The molecule has 4 aromatic heterocycles. The lowest BCUT2D eigenvalue weighted by atomic mass is 9.98. The van der Waals surface area contributed by atoms with E-state index in [2.05, 4.69) is 97.4 Å². The van der Waals surface area contributed by atoms with E-state index >= 15 is 0 Å². The minimum atomic E-state index is 0.892. The van der Waals surface area contributed by atoms with Crippen molar-refractivity contribution in [2.45, 2.75) is 104 Å². The Hall–Kier alpha value is -3.78. The maximum atomic E-state index is 5.60. The van der Waals surface area contributed by atoms with E-state index < -0.39 is 0 Å². The van der Waals surface area contributed by atoms with Gasteiger partial charge in [-0.05, 0) is 59.7 Å². The van der Waals surface area contributed by atoms with Crippen LogP contribution in [0.25, 0.3) is 65.5 Å². The molecule has 0 saturated carbocycles. The first-order chi connectivity index (χ1) is 25.2. The molecule has 0 fully saturated rings. The second kappa shape index (κ2) is 17.6. The third kappa shape index (κ3) is 8.32. The highest BCUT2D eigenvalue weighted by Crippen LogP contribution is 2.46. The maximum absolute atomic E-state index is 5.60. The van der Waals surface area contributed by atoms with Crippen molar-refractivity contribution < 1.29 is 0 Å².